The van der Waals surface area contributed by atoms with Crippen LogP contribution in [0, 0.1) is 24.0 Å². The zero-order chi connectivity index (χ0) is 24.3. The number of furan rings is 1. The van der Waals surface area contributed by atoms with E-state index in [0.717, 1.165) is 19.2 Å². The molecule has 2 amide bonds. The van der Waals surface area contributed by atoms with Gasteiger partial charge in [-0.05, 0) is 13.0 Å². The first kappa shape index (κ1) is 22.3. The van der Waals surface area contributed by atoms with Gasteiger partial charge in [0, 0.05) is 30.1 Å². The van der Waals surface area contributed by atoms with Crippen molar-refractivity contribution >= 4 is 28.6 Å². The maximum absolute atomic E-state index is 14.0. The van der Waals surface area contributed by atoms with Crippen LogP contribution in [0.3, 0.4) is 0 Å². The number of alkyl halides is 3. The van der Waals surface area contributed by atoms with E-state index in [4.69, 9.17) is 9.15 Å². The zero-order valence-corrected chi connectivity index (χ0v) is 17.7. The quantitative estimate of drug-likeness (QED) is 0.544. The Balaban J connectivity index is 1.30. The molecule has 2 aliphatic heterocycles. The predicted molar refractivity (Wildman–Crippen MR) is 109 cm³/mol. The molecule has 2 N–H and O–H groups in total. The minimum absolute atomic E-state index is 0.0684. The minimum atomic E-state index is -4.98. The van der Waals surface area contributed by atoms with Crippen LogP contribution in [-0.4, -0.2) is 48.5 Å². The standard InChI is InChI=1S/C21H18F5N5O3/c1-10-13-2-11(22)3-14(23)16(13)34-15(10)17(21(24,25)26)30-19(32)29-12-4-27-18(28-5-12)31-6-20(7-31)8-33-9-20/h2-5,17H,6-9H2,1H3,(H2,29,30,32). The Kier molecular flexibility index (Phi) is 5.11. The van der Waals surface area contributed by atoms with Crippen LogP contribution in [0.2, 0.25) is 0 Å². The second-order valence-electron chi connectivity index (χ2n) is 8.55. The summed E-state index contributed by atoms with van der Waals surface area (Å²) in [7, 11) is 0. The molecule has 0 bridgehead atoms. The number of ether oxygens (including phenoxy) is 1. The van der Waals surface area contributed by atoms with Crippen molar-refractivity contribution in [1.82, 2.24) is 15.3 Å². The van der Waals surface area contributed by atoms with Gasteiger partial charge in [-0.3, -0.25) is 0 Å². The first-order valence-electron chi connectivity index (χ1n) is 10.2. The Morgan fingerprint density at radius 2 is 1.85 bits per heavy atom. The Morgan fingerprint density at radius 1 is 1.18 bits per heavy atom. The lowest BCUT2D eigenvalue weighted by atomic mass is 9.78. The van der Waals surface area contributed by atoms with E-state index in [1.807, 2.05) is 4.90 Å². The normalized spacial score (nSPS) is 17.9. The van der Waals surface area contributed by atoms with Gasteiger partial charge in [0.25, 0.3) is 0 Å². The SMILES string of the molecule is Cc1c(C(NC(=O)Nc2cnc(N3CC4(COC4)C3)nc2)C(F)(F)F)oc2c(F)cc(F)cc12. The van der Waals surface area contributed by atoms with Crippen LogP contribution in [0.4, 0.5) is 38.4 Å². The lowest BCUT2D eigenvalue weighted by Crippen LogP contribution is -2.66. The smallest absolute Gasteiger partial charge is 0.416 e. The number of urea groups is 1. The van der Waals surface area contributed by atoms with E-state index in [9.17, 15) is 26.7 Å². The fourth-order valence-electron chi connectivity index (χ4n) is 4.16. The lowest BCUT2D eigenvalue weighted by Gasteiger charge is -2.54. The van der Waals surface area contributed by atoms with Gasteiger partial charge in [0.05, 0.1) is 36.7 Å². The zero-order valence-electron chi connectivity index (χ0n) is 17.7. The van der Waals surface area contributed by atoms with Crippen LogP contribution >= 0.6 is 0 Å². The Labute approximate surface area is 189 Å². The fraction of sp³-hybridized carbons (Fsp3) is 0.381. The molecule has 5 rings (SSSR count). The van der Waals surface area contributed by atoms with Gasteiger partial charge < -0.3 is 24.7 Å². The van der Waals surface area contributed by atoms with E-state index >= 15 is 0 Å². The molecule has 2 aromatic heterocycles. The van der Waals surface area contributed by atoms with Crippen LogP contribution in [0.15, 0.2) is 28.9 Å². The Morgan fingerprint density at radius 3 is 2.44 bits per heavy atom. The number of rotatable bonds is 4. The largest absolute Gasteiger partial charge is 0.455 e. The molecule has 3 aromatic rings. The van der Waals surface area contributed by atoms with Crippen molar-refractivity contribution in [3.63, 3.8) is 0 Å². The van der Waals surface area contributed by atoms with Gasteiger partial charge in [0.15, 0.2) is 17.4 Å². The summed E-state index contributed by atoms with van der Waals surface area (Å²) in [6, 6.07) is -2.45. The molecule has 1 spiro atoms. The van der Waals surface area contributed by atoms with Gasteiger partial charge in [-0.1, -0.05) is 0 Å². The number of carbonyl (C=O) groups excluding carboxylic acids is 1. The van der Waals surface area contributed by atoms with Crippen molar-refractivity contribution in [3.05, 3.63) is 47.5 Å². The Bertz CT molecular complexity index is 1250. The maximum Gasteiger partial charge on any atom is 0.416 e. The van der Waals surface area contributed by atoms with Gasteiger partial charge in [0.1, 0.15) is 11.6 Å². The van der Waals surface area contributed by atoms with Crippen molar-refractivity contribution in [2.24, 2.45) is 5.41 Å². The third kappa shape index (κ3) is 3.89. The molecule has 1 atom stereocenters. The third-order valence-electron chi connectivity index (χ3n) is 5.91. The van der Waals surface area contributed by atoms with E-state index in [1.54, 1.807) is 5.32 Å². The first-order chi connectivity index (χ1) is 16.0. The number of hydrogen-bond acceptors (Lipinski definition) is 6. The monoisotopic (exact) mass is 483 g/mol. The summed E-state index contributed by atoms with van der Waals surface area (Å²) in [5.41, 5.74) is -0.460. The van der Waals surface area contributed by atoms with E-state index < -0.39 is 41.2 Å². The number of aromatic nitrogens is 2. The number of amides is 2. The molecule has 2 fully saturated rings. The summed E-state index contributed by atoms with van der Waals surface area (Å²) in [5.74, 6) is -2.43. The topological polar surface area (TPSA) is 92.5 Å². The molecule has 0 aliphatic carbocycles. The predicted octanol–water partition coefficient (Wildman–Crippen LogP) is 4.07. The molecule has 0 radical (unpaired) electrons. The molecular weight excluding hydrogens is 465 g/mol. The van der Waals surface area contributed by atoms with Crippen LogP contribution in [0.5, 0.6) is 0 Å². The van der Waals surface area contributed by atoms with Crippen LogP contribution in [-0.2, 0) is 4.74 Å². The maximum atomic E-state index is 14.0. The second kappa shape index (κ2) is 7.79. The van der Waals surface area contributed by atoms with Gasteiger partial charge >= 0.3 is 12.2 Å². The summed E-state index contributed by atoms with van der Waals surface area (Å²) in [4.78, 5) is 22.5. The molecule has 4 heterocycles. The lowest BCUT2D eigenvalue weighted by molar-refractivity contribution is -0.158. The summed E-state index contributed by atoms with van der Waals surface area (Å²) in [5, 5.41) is 3.86. The first-order valence-corrected chi connectivity index (χ1v) is 10.2. The molecule has 13 heteroatoms. The molecule has 180 valence electrons. The highest BCUT2D eigenvalue weighted by Gasteiger charge is 2.50. The van der Waals surface area contributed by atoms with Crippen molar-refractivity contribution in [2.45, 2.75) is 19.1 Å². The fourth-order valence-corrected chi connectivity index (χ4v) is 4.16. The highest BCUT2D eigenvalue weighted by Crippen LogP contribution is 2.40. The minimum Gasteiger partial charge on any atom is -0.455 e. The van der Waals surface area contributed by atoms with E-state index in [-0.39, 0.29) is 22.1 Å². The van der Waals surface area contributed by atoms with Crippen molar-refractivity contribution in [3.8, 4) is 0 Å². The second-order valence-corrected chi connectivity index (χ2v) is 8.55. The number of hydrogen-bond donors (Lipinski definition) is 2. The number of aryl methyl sites for hydroxylation is 1. The van der Waals surface area contributed by atoms with Gasteiger partial charge in [-0.2, -0.15) is 13.2 Å². The van der Waals surface area contributed by atoms with Crippen LogP contribution in [0.1, 0.15) is 17.4 Å². The van der Waals surface area contributed by atoms with Crippen LogP contribution < -0.4 is 15.5 Å². The molecule has 1 aromatic carbocycles. The molecular formula is C21H18F5N5O3. The highest BCUT2D eigenvalue weighted by molar-refractivity contribution is 5.89. The molecule has 2 aliphatic rings. The summed E-state index contributed by atoms with van der Waals surface area (Å²) in [6.07, 6.45) is -2.43. The number of nitrogens with zero attached hydrogens (tertiary/aromatic N) is 3. The van der Waals surface area contributed by atoms with Gasteiger partial charge in [-0.25, -0.2) is 23.5 Å². The summed E-state index contributed by atoms with van der Waals surface area (Å²) in [6.45, 7) is 4.09. The summed E-state index contributed by atoms with van der Waals surface area (Å²) < 4.78 is 79.1. The average Bonchev–Trinajstić information content (AvgIpc) is 3.01. The molecule has 1 unspecified atom stereocenters. The van der Waals surface area contributed by atoms with Crippen molar-refractivity contribution < 1.29 is 35.9 Å². The van der Waals surface area contributed by atoms with Gasteiger partial charge in [-0.15, -0.1) is 0 Å². The molecule has 8 nitrogen and oxygen atoms in total. The number of benzene rings is 1. The molecule has 2 saturated heterocycles. The van der Waals surface area contributed by atoms with Crippen molar-refractivity contribution in [1.29, 1.82) is 0 Å². The summed E-state index contributed by atoms with van der Waals surface area (Å²) >= 11 is 0. The number of fused-ring (bicyclic) bond motifs is 1. The number of nitrogens with one attached hydrogen (secondary N) is 2. The van der Waals surface area contributed by atoms with Crippen molar-refractivity contribution in [2.75, 3.05) is 36.5 Å². The Hall–Kier alpha value is -3.48. The van der Waals surface area contributed by atoms with E-state index in [1.165, 1.54) is 19.3 Å². The van der Waals surface area contributed by atoms with Crippen LogP contribution in [0.25, 0.3) is 11.0 Å². The highest BCUT2D eigenvalue weighted by atomic mass is 19.4. The average molecular weight is 483 g/mol. The third-order valence-corrected chi connectivity index (χ3v) is 5.91. The number of anilines is 2. The number of carbonyl (C=O) groups is 1. The van der Waals surface area contributed by atoms with Gasteiger partial charge in [0.2, 0.25) is 5.95 Å². The molecule has 0 saturated carbocycles. The number of halogens is 5. The van der Waals surface area contributed by atoms with E-state index in [0.29, 0.717) is 25.2 Å². The van der Waals surface area contributed by atoms with E-state index in [2.05, 4.69) is 15.3 Å². The molecule has 34 heavy (non-hydrogen) atoms.